The lowest BCUT2D eigenvalue weighted by Crippen LogP contribution is -1.87. The van der Waals surface area contributed by atoms with Gasteiger partial charge in [-0.15, -0.1) is 11.6 Å². The zero-order valence-electron chi connectivity index (χ0n) is 7.95. The summed E-state index contributed by atoms with van der Waals surface area (Å²) in [4.78, 5) is 4.11. The van der Waals surface area contributed by atoms with E-state index in [-0.39, 0.29) is 0 Å². The summed E-state index contributed by atoms with van der Waals surface area (Å²) < 4.78 is 0. The highest BCUT2D eigenvalue weighted by molar-refractivity contribution is 6.31. The summed E-state index contributed by atoms with van der Waals surface area (Å²) in [5.74, 6) is 0.381. The van der Waals surface area contributed by atoms with Gasteiger partial charge in [-0.3, -0.25) is 0 Å². The number of alkyl halides is 1. The van der Waals surface area contributed by atoms with Crippen molar-refractivity contribution in [3.63, 3.8) is 0 Å². The van der Waals surface area contributed by atoms with Crippen LogP contribution in [0.25, 0.3) is 11.1 Å². The number of pyridine rings is 1. The highest BCUT2D eigenvalue weighted by Gasteiger charge is 2.03. The first-order valence-electron chi connectivity index (χ1n) is 4.57. The fraction of sp³-hybridized carbons (Fsp3) is 0.0833. The minimum Gasteiger partial charge on any atom is -0.244 e. The van der Waals surface area contributed by atoms with E-state index in [1.54, 1.807) is 6.20 Å². The molecule has 0 aliphatic carbocycles. The first-order valence-corrected chi connectivity index (χ1v) is 5.48. The van der Waals surface area contributed by atoms with Crippen molar-refractivity contribution < 1.29 is 0 Å². The number of nitrogens with zero attached hydrogens (tertiary/aromatic N) is 1. The Balaban J connectivity index is 2.46. The van der Waals surface area contributed by atoms with Gasteiger partial charge >= 0.3 is 0 Å². The first-order chi connectivity index (χ1) is 7.31. The molecule has 15 heavy (non-hydrogen) atoms. The molecule has 0 saturated heterocycles. The van der Waals surface area contributed by atoms with Crippen molar-refractivity contribution in [2.24, 2.45) is 0 Å². The van der Waals surface area contributed by atoms with Crippen molar-refractivity contribution in [1.29, 1.82) is 0 Å². The fourth-order valence-electron chi connectivity index (χ4n) is 1.38. The highest BCUT2D eigenvalue weighted by atomic mass is 35.5. The topological polar surface area (TPSA) is 12.9 Å². The van der Waals surface area contributed by atoms with Gasteiger partial charge in [-0.1, -0.05) is 41.9 Å². The Bertz CT molecular complexity index is 454. The van der Waals surface area contributed by atoms with Crippen LogP contribution in [0.3, 0.4) is 0 Å². The van der Waals surface area contributed by atoms with Crippen LogP contribution < -0.4 is 0 Å². The second-order valence-corrected chi connectivity index (χ2v) is 3.80. The lowest BCUT2D eigenvalue weighted by atomic mass is 10.1. The Morgan fingerprint density at radius 3 is 2.47 bits per heavy atom. The summed E-state index contributed by atoms with van der Waals surface area (Å²) >= 11 is 11.7. The van der Waals surface area contributed by atoms with Gasteiger partial charge in [0.2, 0.25) is 0 Å². The standard InChI is InChI=1S/C12H9Cl2N/c13-7-10-6-11(8-15-12(10)14)9-4-2-1-3-5-9/h1-6,8H,7H2. The van der Waals surface area contributed by atoms with Crippen LogP contribution >= 0.6 is 23.2 Å². The third kappa shape index (κ3) is 2.31. The van der Waals surface area contributed by atoms with E-state index in [9.17, 15) is 0 Å². The first kappa shape index (κ1) is 10.5. The van der Waals surface area contributed by atoms with Crippen molar-refractivity contribution >= 4 is 23.2 Å². The van der Waals surface area contributed by atoms with E-state index >= 15 is 0 Å². The minimum absolute atomic E-state index is 0.381. The van der Waals surface area contributed by atoms with Crippen molar-refractivity contribution in [3.05, 3.63) is 53.3 Å². The smallest absolute Gasteiger partial charge is 0.133 e. The van der Waals surface area contributed by atoms with E-state index < -0.39 is 0 Å². The maximum atomic E-state index is 5.89. The predicted molar refractivity (Wildman–Crippen MR) is 64.2 cm³/mol. The van der Waals surface area contributed by atoms with E-state index in [4.69, 9.17) is 23.2 Å². The average Bonchev–Trinajstić information content (AvgIpc) is 2.31. The Morgan fingerprint density at radius 2 is 1.80 bits per heavy atom. The summed E-state index contributed by atoms with van der Waals surface area (Å²) in [5.41, 5.74) is 3.02. The zero-order chi connectivity index (χ0) is 10.7. The quantitative estimate of drug-likeness (QED) is 0.566. The molecule has 0 unspecified atom stereocenters. The van der Waals surface area contributed by atoms with Gasteiger partial charge < -0.3 is 0 Å². The average molecular weight is 238 g/mol. The summed E-state index contributed by atoms with van der Waals surface area (Å²) in [5, 5.41) is 0.477. The van der Waals surface area contributed by atoms with Crippen LogP contribution in [-0.2, 0) is 5.88 Å². The molecule has 2 aromatic rings. The van der Waals surface area contributed by atoms with E-state index in [1.165, 1.54) is 0 Å². The molecule has 1 nitrogen and oxygen atoms in total. The molecule has 0 aliphatic heterocycles. The SMILES string of the molecule is ClCc1cc(-c2ccccc2)cnc1Cl. The Morgan fingerprint density at radius 1 is 1.07 bits per heavy atom. The summed E-state index contributed by atoms with van der Waals surface area (Å²) in [7, 11) is 0. The predicted octanol–water partition coefficient (Wildman–Crippen LogP) is 4.14. The molecule has 0 saturated carbocycles. The fourth-order valence-corrected chi connectivity index (χ4v) is 1.82. The van der Waals surface area contributed by atoms with Gasteiger partial charge in [-0.25, -0.2) is 4.98 Å². The maximum Gasteiger partial charge on any atom is 0.133 e. The molecule has 0 N–H and O–H groups in total. The molecule has 0 radical (unpaired) electrons. The van der Waals surface area contributed by atoms with Crippen LogP contribution in [0.2, 0.25) is 5.15 Å². The Hall–Kier alpha value is -1.05. The Labute approximate surface area is 98.7 Å². The molecule has 76 valence electrons. The molecule has 0 spiro atoms. The van der Waals surface area contributed by atoms with Crippen molar-refractivity contribution in [3.8, 4) is 11.1 Å². The van der Waals surface area contributed by atoms with Crippen LogP contribution in [-0.4, -0.2) is 4.98 Å². The van der Waals surface area contributed by atoms with E-state index in [1.807, 2.05) is 36.4 Å². The Kier molecular flexibility index (Phi) is 3.24. The molecule has 2 rings (SSSR count). The van der Waals surface area contributed by atoms with Gasteiger partial charge in [0.1, 0.15) is 5.15 Å². The molecular weight excluding hydrogens is 229 g/mol. The van der Waals surface area contributed by atoms with Crippen LogP contribution in [0, 0.1) is 0 Å². The second-order valence-electron chi connectivity index (χ2n) is 3.17. The minimum atomic E-state index is 0.381. The molecule has 1 heterocycles. The second kappa shape index (κ2) is 4.65. The number of aromatic nitrogens is 1. The van der Waals surface area contributed by atoms with Crippen LogP contribution in [0.4, 0.5) is 0 Å². The van der Waals surface area contributed by atoms with Crippen LogP contribution in [0.5, 0.6) is 0 Å². The number of halogens is 2. The van der Waals surface area contributed by atoms with Gasteiger partial charge in [0.15, 0.2) is 0 Å². The van der Waals surface area contributed by atoms with Crippen molar-refractivity contribution in [2.45, 2.75) is 5.88 Å². The monoisotopic (exact) mass is 237 g/mol. The van der Waals surface area contributed by atoms with Gasteiger partial charge in [0.05, 0.1) is 5.88 Å². The lowest BCUT2D eigenvalue weighted by molar-refractivity contribution is 1.25. The molecule has 1 aromatic heterocycles. The normalized spacial score (nSPS) is 10.3. The van der Waals surface area contributed by atoms with E-state index in [0.717, 1.165) is 16.7 Å². The van der Waals surface area contributed by atoms with Gasteiger partial charge in [-0.05, 0) is 11.6 Å². The number of hydrogen-bond acceptors (Lipinski definition) is 1. The number of hydrogen-bond donors (Lipinski definition) is 0. The third-order valence-electron chi connectivity index (χ3n) is 2.16. The third-order valence-corrected chi connectivity index (χ3v) is 2.79. The molecule has 0 fully saturated rings. The van der Waals surface area contributed by atoms with Gasteiger partial charge in [0.25, 0.3) is 0 Å². The molecular formula is C12H9Cl2N. The van der Waals surface area contributed by atoms with Crippen LogP contribution in [0.15, 0.2) is 42.6 Å². The maximum absolute atomic E-state index is 5.89. The van der Waals surface area contributed by atoms with Crippen molar-refractivity contribution in [2.75, 3.05) is 0 Å². The van der Waals surface area contributed by atoms with Gasteiger partial charge in [0, 0.05) is 17.3 Å². The summed E-state index contributed by atoms with van der Waals surface area (Å²) in [6.07, 6.45) is 1.76. The molecule has 0 aliphatic rings. The molecule has 0 amide bonds. The molecule has 1 aromatic carbocycles. The molecule has 0 atom stereocenters. The summed E-state index contributed by atoms with van der Waals surface area (Å²) in [6, 6.07) is 12.0. The van der Waals surface area contributed by atoms with Crippen LogP contribution in [0.1, 0.15) is 5.56 Å². The molecule has 3 heteroatoms. The lowest BCUT2D eigenvalue weighted by Gasteiger charge is -2.04. The highest BCUT2D eigenvalue weighted by Crippen LogP contribution is 2.23. The zero-order valence-corrected chi connectivity index (χ0v) is 9.46. The van der Waals surface area contributed by atoms with E-state index in [0.29, 0.717) is 11.0 Å². The molecule has 0 bridgehead atoms. The van der Waals surface area contributed by atoms with Gasteiger partial charge in [-0.2, -0.15) is 0 Å². The largest absolute Gasteiger partial charge is 0.244 e. The summed E-state index contributed by atoms with van der Waals surface area (Å²) in [6.45, 7) is 0. The number of benzene rings is 1. The number of rotatable bonds is 2. The van der Waals surface area contributed by atoms with Crippen molar-refractivity contribution in [1.82, 2.24) is 4.98 Å². The van der Waals surface area contributed by atoms with E-state index in [2.05, 4.69) is 4.98 Å².